The summed E-state index contributed by atoms with van der Waals surface area (Å²) in [5, 5.41) is 4.45. The lowest BCUT2D eigenvalue weighted by Crippen LogP contribution is -2.32. The van der Waals surface area contributed by atoms with E-state index in [0.29, 0.717) is 28.0 Å². The number of hydrogen-bond donors (Lipinski definition) is 0. The molecule has 2 amide bonds. The average molecular weight is 479 g/mol. The molecule has 4 rings (SSSR count). The lowest BCUT2D eigenvalue weighted by atomic mass is 9.97. The molecule has 1 aromatic heterocycles. The van der Waals surface area contributed by atoms with Crippen molar-refractivity contribution in [2.75, 3.05) is 11.4 Å². The molecule has 0 unspecified atom stereocenters. The van der Waals surface area contributed by atoms with Gasteiger partial charge in [-0.3, -0.25) is 4.90 Å². The van der Waals surface area contributed by atoms with E-state index in [2.05, 4.69) is 10.1 Å². The highest BCUT2D eigenvalue weighted by molar-refractivity contribution is 6.30. The van der Waals surface area contributed by atoms with Crippen LogP contribution in [0.25, 0.3) is 0 Å². The Kier molecular flexibility index (Phi) is 5.86. The molecular weight excluding hydrogens is 457 g/mol. The van der Waals surface area contributed by atoms with Gasteiger partial charge in [-0.1, -0.05) is 49.7 Å². The second-order valence-electron chi connectivity index (χ2n) is 8.91. The number of hydrogen-bond acceptors (Lipinski definition) is 4. The third kappa shape index (κ3) is 4.83. The zero-order valence-corrected chi connectivity index (χ0v) is 19.0. The number of nitrogens with zero attached hydrogens (tertiary/aromatic N) is 4. The molecule has 0 N–H and O–H groups in total. The van der Waals surface area contributed by atoms with Crippen molar-refractivity contribution in [3.05, 3.63) is 76.4 Å². The van der Waals surface area contributed by atoms with Crippen LogP contribution in [0.15, 0.2) is 53.1 Å². The second kappa shape index (κ2) is 8.37. The van der Waals surface area contributed by atoms with Crippen molar-refractivity contribution >= 4 is 23.3 Å². The number of halogens is 4. The molecule has 0 bridgehead atoms. The molecule has 0 aliphatic carbocycles. The highest BCUT2D eigenvalue weighted by Crippen LogP contribution is 2.38. The molecule has 6 nitrogen and oxygen atoms in total. The van der Waals surface area contributed by atoms with Gasteiger partial charge in [0.1, 0.15) is 0 Å². The number of anilines is 1. The van der Waals surface area contributed by atoms with Gasteiger partial charge in [0.15, 0.2) is 5.82 Å². The number of aromatic nitrogens is 2. The van der Waals surface area contributed by atoms with E-state index in [1.807, 2.05) is 20.8 Å². The molecule has 1 aliphatic rings. The van der Waals surface area contributed by atoms with Crippen molar-refractivity contribution in [2.24, 2.45) is 0 Å². The van der Waals surface area contributed by atoms with Crippen LogP contribution >= 0.6 is 11.6 Å². The van der Waals surface area contributed by atoms with E-state index in [1.54, 1.807) is 30.3 Å². The lowest BCUT2D eigenvalue weighted by molar-refractivity contribution is -0.137. The average Bonchev–Trinajstić information content (AvgIpc) is 3.34. The van der Waals surface area contributed by atoms with Crippen LogP contribution in [0.4, 0.5) is 23.7 Å². The van der Waals surface area contributed by atoms with Crippen molar-refractivity contribution in [1.29, 1.82) is 0 Å². The molecule has 1 aliphatic heterocycles. The summed E-state index contributed by atoms with van der Waals surface area (Å²) in [5.74, 6) is 0.766. The van der Waals surface area contributed by atoms with E-state index < -0.39 is 17.8 Å². The Morgan fingerprint density at radius 3 is 2.42 bits per heavy atom. The molecule has 2 heterocycles. The van der Waals surface area contributed by atoms with Gasteiger partial charge in [-0.25, -0.2) is 4.79 Å². The highest BCUT2D eigenvalue weighted by Gasteiger charge is 2.41. The van der Waals surface area contributed by atoms with Crippen molar-refractivity contribution in [1.82, 2.24) is 15.0 Å². The SMILES string of the molecule is CC(C)(C)c1nc(CN2C[C@H](c3cccc(C(F)(F)F)c3)N(c3ccc(Cl)cc3)C2=O)no1. The zero-order valence-electron chi connectivity index (χ0n) is 18.2. The predicted molar refractivity (Wildman–Crippen MR) is 117 cm³/mol. The van der Waals surface area contributed by atoms with Crippen LogP contribution in [0.2, 0.25) is 5.02 Å². The van der Waals surface area contributed by atoms with E-state index in [-0.39, 0.29) is 24.5 Å². The monoisotopic (exact) mass is 478 g/mol. The maximum absolute atomic E-state index is 13.4. The quantitative estimate of drug-likeness (QED) is 0.446. The normalized spacial score (nSPS) is 17.2. The van der Waals surface area contributed by atoms with Crippen molar-refractivity contribution in [3.63, 3.8) is 0 Å². The Hall–Kier alpha value is -3.07. The first kappa shape index (κ1) is 23.1. The molecule has 1 fully saturated rings. The van der Waals surface area contributed by atoms with Gasteiger partial charge in [0, 0.05) is 22.7 Å². The number of carbonyl (C=O) groups excluding carboxylic acids is 1. The third-order valence-electron chi connectivity index (χ3n) is 5.33. The fourth-order valence-electron chi connectivity index (χ4n) is 3.65. The van der Waals surface area contributed by atoms with Crippen LogP contribution in [0, 0.1) is 0 Å². The predicted octanol–water partition coefficient (Wildman–Crippen LogP) is 6.22. The molecule has 0 radical (unpaired) electrons. The first-order valence-corrected chi connectivity index (χ1v) is 10.7. The van der Waals surface area contributed by atoms with Gasteiger partial charge in [0.05, 0.1) is 18.2 Å². The van der Waals surface area contributed by atoms with Crippen LogP contribution in [0.5, 0.6) is 0 Å². The Bertz CT molecular complexity index is 1160. The van der Waals surface area contributed by atoms with Crippen LogP contribution in [0.1, 0.15) is 49.7 Å². The summed E-state index contributed by atoms with van der Waals surface area (Å²) in [6.07, 6.45) is -4.49. The number of urea groups is 1. The summed E-state index contributed by atoms with van der Waals surface area (Å²) < 4.78 is 45.3. The number of amides is 2. The van der Waals surface area contributed by atoms with Gasteiger partial charge in [0.2, 0.25) is 5.89 Å². The van der Waals surface area contributed by atoms with Gasteiger partial charge >= 0.3 is 12.2 Å². The van der Waals surface area contributed by atoms with E-state index in [9.17, 15) is 18.0 Å². The standard InChI is InChI=1S/C23H22ClF3N4O2/c1-22(2,3)20-28-19(29-33-20)13-30-12-18(14-5-4-6-15(11-14)23(25,26)27)31(21(30)32)17-9-7-16(24)8-10-17/h4-11,18H,12-13H2,1-3H3/t18-/m1/s1. The Morgan fingerprint density at radius 2 is 1.82 bits per heavy atom. The number of carbonyl (C=O) groups is 1. The minimum Gasteiger partial charge on any atom is -0.339 e. The molecule has 2 aromatic carbocycles. The van der Waals surface area contributed by atoms with Crippen molar-refractivity contribution < 1.29 is 22.5 Å². The largest absolute Gasteiger partial charge is 0.416 e. The molecule has 33 heavy (non-hydrogen) atoms. The smallest absolute Gasteiger partial charge is 0.339 e. The maximum atomic E-state index is 13.4. The number of rotatable bonds is 4. The molecule has 0 saturated carbocycles. The minimum absolute atomic E-state index is 0.0674. The lowest BCUT2D eigenvalue weighted by Gasteiger charge is -2.24. The number of benzene rings is 2. The molecular formula is C23H22ClF3N4O2. The van der Waals surface area contributed by atoms with Gasteiger partial charge in [0.25, 0.3) is 0 Å². The van der Waals surface area contributed by atoms with Crippen LogP contribution in [-0.2, 0) is 18.1 Å². The van der Waals surface area contributed by atoms with Crippen molar-refractivity contribution in [3.8, 4) is 0 Å². The van der Waals surface area contributed by atoms with Crippen LogP contribution in [-0.4, -0.2) is 27.6 Å². The Labute approximate surface area is 193 Å². The van der Waals surface area contributed by atoms with E-state index in [1.165, 1.54) is 15.9 Å². The summed E-state index contributed by atoms with van der Waals surface area (Å²) in [4.78, 5) is 20.7. The van der Waals surface area contributed by atoms with Crippen LogP contribution < -0.4 is 4.90 Å². The summed E-state index contributed by atoms with van der Waals surface area (Å²) >= 11 is 5.99. The molecule has 3 aromatic rings. The molecule has 174 valence electrons. The van der Waals surface area contributed by atoms with Crippen LogP contribution in [0.3, 0.4) is 0 Å². The topological polar surface area (TPSA) is 62.5 Å². The Morgan fingerprint density at radius 1 is 1.12 bits per heavy atom. The van der Waals surface area contributed by atoms with Crippen molar-refractivity contribution in [2.45, 2.75) is 44.9 Å². The summed E-state index contributed by atoms with van der Waals surface area (Å²) in [7, 11) is 0. The van der Waals surface area contributed by atoms with Gasteiger partial charge in [-0.05, 0) is 42.0 Å². The summed E-state index contributed by atoms with van der Waals surface area (Å²) in [6.45, 7) is 6.01. The molecule has 10 heteroatoms. The number of alkyl halides is 3. The molecule has 0 spiro atoms. The fourth-order valence-corrected chi connectivity index (χ4v) is 3.77. The first-order chi connectivity index (χ1) is 15.4. The third-order valence-corrected chi connectivity index (χ3v) is 5.58. The summed E-state index contributed by atoms with van der Waals surface area (Å²) in [6, 6.07) is 10.6. The fraction of sp³-hybridized carbons (Fsp3) is 0.348. The van der Waals surface area contributed by atoms with Gasteiger partial charge in [-0.2, -0.15) is 18.2 Å². The zero-order chi connectivity index (χ0) is 24.0. The van der Waals surface area contributed by atoms with E-state index in [0.717, 1.165) is 12.1 Å². The Balaban J connectivity index is 1.69. The first-order valence-electron chi connectivity index (χ1n) is 10.3. The van der Waals surface area contributed by atoms with Gasteiger partial charge < -0.3 is 9.42 Å². The maximum Gasteiger partial charge on any atom is 0.416 e. The van der Waals surface area contributed by atoms with E-state index >= 15 is 0 Å². The van der Waals surface area contributed by atoms with E-state index in [4.69, 9.17) is 16.1 Å². The molecule has 1 saturated heterocycles. The minimum atomic E-state index is -4.49. The summed E-state index contributed by atoms with van der Waals surface area (Å²) in [5.41, 5.74) is -0.220. The highest BCUT2D eigenvalue weighted by atomic mass is 35.5. The molecule has 1 atom stereocenters. The van der Waals surface area contributed by atoms with Gasteiger partial charge in [-0.15, -0.1) is 0 Å². The second-order valence-corrected chi connectivity index (χ2v) is 9.35.